The van der Waals surface area contributed by atoms with Crippen molar-refractivity contribution in [1.82, 2.24) is 29.4 Å². The number of carboxylic acids is 2. The summed E-state index contributed by atoms with van der Waals surface area (Å²) in [7, 11) is 0. The summed E-state index contributed by atoms with van der Waals surface area (Å²) in [4.78, 5) is 37.2. The van der Waals surface area contributed by atoms with E-state index in [1.165, 1.54) is 20.7 Å². The SMILES string of the molecule is CC(C)CN1CCN(c2ccc(-c3ccc(Cl)cc3N3CCCC(n4ncc(C(=O)O)c4C(F)F)C3)cc2)CC1.CC(C)CN1CCN(c2ccc(-c3ccc(Cl)cc3N3CCCC(n4ncc(C(=O)O)c4C(F)F)C3)cc2)CC1.Cl. The van der Waals surface area contributed by atoms with Crippen LogP contribution in [-0.2, 0) is 0 Å². The lowest BCUT2D eigenvalue weighted by molar-refractivity contribution is 0.0672. The quantitative estimate of drug-likeness (QED) is 0.0895. The lowest BCUT2D eigenvalue weighted by Gasteiger charge is -2.37. The summed E-state index contributed by atoms with van der Waals surface area (Å²) in [6.07, 6.45) is -1.03. The van der Waals surface area contributed by atoms with Crippen molar-refractivity contribution in [2.24, 2.45) is 11.8 Å². The minimum atomic E-state index is -2.93. The highest BCUT2D eigenvalue weighted by molar-refractivity contribution is 6.31. The molecule has 4 aromatic carbocycles. The second-order valence-electron chi connectivity index (χ2n) is 22.3. The van der Waals surface area contributed by atoms with E-state index in [0.29, 0.717) is 47.8 Å². The van der Waals surface area contributed by atoms with Crippen molar-refractivity contribution in [1.29, 1.82) is 0 Å². The fourth-order valence-corrected chi connectivity index (χ4v) is 12.3. The highest BCUT2D eigenvalue weighted by Crippen LogP contribution is 2.41. The molecule has 4 saturated heterocycles. The number of piperazine rings is 2. The third-order valence-corrected chi connectivity index (χ3v) is 16.2. The van der Waals surface area contributed by atoms with E-state index in [2.05, 4.69) is 116 Å². The third kappa shape index (κ3) is 14.6. The Balaban J connectivity index is 0.000000210. The van der Waals surface area contributed by atoms with Crippen LogP contribution in [0.1, 0.15) is 110 Å². The maximum absolute atomic E-state index is 13.9. The van der Waals surface area contributed by atoms with Gasteiger partial charge in [0.15, 0.2) is 0 Å². The Kier molecular flexibility index (Phi) is 20.6. The number of nitrogens with zero attached hydrogens (tertiary/aromatic N) is 10. The highest BCUT2D eigenvalue weighted by Gasteiger charge is 2.34. The number of alkyl halides is 4. The van der Waals surface area contributed by atoms with Gasteiger partial charge in [0.25, 0.3) is 12.9 Å². The minimum Gasteiger partial charge on any atom is -0.478 e. The summed E-state index contributed by atoms with van der Waals surface area (Å²) in [6.45, 7) is 21.9. The van der Waals surface area contributed by atoms with Crippen molar-refractivity contribution in [3.8, 4) is 22.3 Å². The molecule has 4 aliphatic heterocycles. The molecule has 2 N–H and O–H groups in total. The standard InChI is InChI=1S/2C30H36ClF2N5O2.ClH/c2*1-20(2)18-35-12-14-36(15-13-35)23-8-5-21(6-9-23)25-10-7-22(31)16-27(25)37-11-3-4-24(19-37)38-28(29(32)33)26(17-34-38)30(39)40;/h2*5-10,16-17,20,24,29H,3-4,11-15,18-19H2,1-2H3,(H,39,40);1H. The van der Waals surface area contributed by atoms with Crippen molar-refractivity contribution >= 4 is 70.3 Å². The van der Waals surface area contributed by atoms with E-state index in [1.807, 2.05) is 36.4 Å². The van der Waals surface area contributed by atoms with Gasteiger partial charge in [-0.15, -0.1) is 12.4 Å². The number of hydrogen-bond donors (Lipinski definition) is 2. The Hall–Kier alpha value is -6.05. The van der Waals surface area contributed by atoms with Crippen LogP contribution in [0.15, 0.2) is 97.3 Å². The first-order chi connectivity index (χ1) is 38.4. The van der Waals surface area contributed by atoms with Crippen molar-refractivity contribution in [2.45, 2.75) is 78.3 Å². The lowest BCUT2D eigenvalue weighted by atomic mass is 9.99. The number of anilines is 4. The molecule has 4 aliphatic rings. The summed E-state index contributed by atoms with van der Waals surface area (Å²) in [5.74, 6) is -1.45. The van der Waals surface area contributed by atoms with Crippen LogP contribution in [0.4, 0.5) is 40.3 Å². The van der Waals surface area contributed by atoms with E-state index in [1.54, 1.807) is 0 Å². The summed E-state index contributed by atoms with van der Waals surface area (Å²) >= 11 is 12.9. The Morgan fingerprint density at radius 1 is 0.531 bits per heavy atom. The van der Waals surface area contributed by atoms with Gasteiger partial charge in [-0.05, 0) is 97.2 Å². The zero-order valence-corrected chi connectivity index (χ0v) is 48.6. The second-order valence-corrected chi connectivity index (χ2v) is 23.1. The van der Waals surface area contributed by atoms with E-state index in [0.717, 1.165) is 137 Å². The predicted molar refractivity (Wildman–Crippen MR) is 317 cm³/mol. The molecule has 0 spiro atoms. The zero-order chi connectivity index (χ0) is 56.8. The van der Waals surface area contributed by atoms with Crippen LogP contribution < -0.4 is 19.6 Å². The first-order valence-corrected chi connectivity index (χ1v) is 28.6. The molecule has 81 heavy (non-hydrogen) atoms. The molecule has 0 saturated carbocycles. The molecule has 4 fully saturated rings. The number of hydrogen-bond acceptors (Lipinski definition) is 10. The average molecular weight is 1180 g/mol. The van der Waals surface area contributed by atoms with Crippen molar-refractivity contribution < 1.29 is 37.4 Å². The molecule has 21 heteroatoms. The summed E-state index contributed by atoms with van der Waals surface area (Å²) in [5.41, 5.74) is 6.42. The fraction of sp³-hybridized carbons (Fsp3) is 0.467. The molecule has 436 valence electrons. The molecular weight excluding hydrogens is 1110 g/mol. The topological polar surface area (TPSA) is 130 Å². The number of benzene rings is 4. The van der Waals surface area contributed by atoms with Crippen molar-refractivity contribution in [2.75, 3.05) is 111 Å². The number of piperidine rings is 2. The largest absolute Gasteiger partial charge is 0.478 e. The monoisotopic (exact) mass is 1180 g/mol. The molecule has 2 atom stereocenters. The molecule has 0 aliphatic carbocycles. The van der Waals surface area contributed by atoms with Gasteiger partial charge < -0.3 is 29.8 Å². The first-order valence-electron chi connectivity index (χ1n) is 27.8. The van der Waals surface area contributed by atoms with Crippen LogP contribution in [0.5, 0.6) is 0 Å². The molecule has 0 radical (unpaired) electrons. The van der Waals surface area contributed by atoms with Gasteiger partial charge in [0.1, 0.15) is 22.5 Å². The number of halogens is 7. The van der Waals surface area contributed by atoms with E-state index in [4.69, 9.17) is 23.2 Å². The molecule has 2 aromatic heterocycles. The van der Waals surface area contributed by atoms with E-state index >= 15 is 0 Å². The Bertz CT molecular complexity index is 2850. The molecular formula is C60H73Cl3F4N10O4. The van der Waals surface area contributed by atoms with E-state index < -0.39 is 47.3 Å². The number of aromatic carboxylic acids is 2. The lowest BCUT2D eigenvalue weighted by Crippen LogP contribution is -2.47. The van der Waals surface area contributed by atoms with Crippen LogP contribution in [-0.4, -0.2) is 143 Å². The third-order valence-electron chi connectivity index (χ3n) is 15.7. The number of rotatable bonds is 16. The maximum Gasteiger partial charge on any atom is 0.339 e. The molecule has 2 unspecified atom stereocenters. The van der Waals surface area contributed by atoms with Gasteiger partial charge in [-0.3, -0.25) is 19.2 Å². The summed E-state index contributed by atoms with van der Waals surface area (Å²) in [5, 5.41) is 28.1. The van der Waals surface area contributed by atoms with Crippen molar-refractivity contribution in [3.05, 3.63) is 130 Å². The van der Waals surface area contributed by atoms with Gasteiger partial charge in [-0.25, -0.2) is 27.2 Å². The molecule has 6 aromatic rings. The van der Waals surface area contributed by atoms with Gasteiger partial charge in [0.2, 0.25) is 0 Å². The second kappa shape index (κ2) is 27.4. The van der Waals surface area contributed by atoms with Gasteiger partial charge in [0, 0.05) is 136 Å². The minimum absolute atomic E-state index is 0. The molecule has 0 amide bonds. The van der Waals surface area contributed by atoms with Crippen LogP contribution >= 0.6 is 35.6 Å². The molecule has 6 heterocycles. The van der Waals surface area contributed by atoms with Crippen LogP contribution in [0, 0.1) is 11.8 Å². The van der Waals surface area contributed by atoms with Gasteiger partial charge in [-0.2, -0.15) is 10.2 Å². The Morgan fingerprint density at radius 3 is 1.21 bits per heavy atom. The Labute approximate surface area is 488 Å². The average Bonchev–Trinajstić information content (AvgIpc) is 4.22. The highest BCUT2D eigenvalue weighted by atomic mass is 35.5. The van der Waals surface area contributed by atoms with Gasteiger partial charge in [0.05, 0.1) is 24.5 Å². The van der Waals surface area contributed by atoms with Gasteiger partial charge in [-0.1, -0.05) is 87.3 Å². The summed E-state index contributed by atoms with van der Waals surface area (Å²) < 4.78 is 57.9. The first kappa shape index (κ1) is 61.0. The van der Waals surface area contributed by atoms with Crippen LogP contribution in [0.2, 0.25) is 10.0 Å². The Morgan fingerprint density at radius 2 is 0.889 bits per heavy atom. The molecule has 10 rings (SSSR count). The summed E-state index contributed by atoms with van der Waals surface area (Å²) in [6, 6.07) is 28.0. The maximum atomic E-state index is 13.9. The van der Waals surface area contributed by atoms with Crippen molar-refractivity contribution in [3.63, 3.8) is 0 Å². The number of carboxylic acid groups (broad SMARTS) is 2. The van der Waals surface area contributed by atoms with Gasteiger partial charge >= 0.3 is 11.9 Å². The zero-order valence-electron chi connectivity index (χ0n) is 46.3. The predicted octanol–water partition coefficient (Wildman–Crippen LogP) is 13.3. The molecule has 14 nitrogen and oxygen atoms in total. The smallest absolute Gasteiger partial charge is 0.339 e. The van der Waals surface area contributed by atoms with E-state index in [-0.39, 0.29) is 24.5 Å². The van der Waals surface area contributed by atoms with Crippen LogP contribution in [0.25, 0.3) is 22.3 Å². The van der Waals surface area contributed by atoms with Crippen LogP contribution in [0.3, 0.4) is 0 Å². The number of aromatic nitrogens is 4. The number of carbonyl (C=O) groups is 2. The molecule has 0 bridgehead atoms. The normalized spacial score (nSPS) is 18.4. The fourth-order valence-electron chi connectivity index (χ4n) is 12.0. The van der Waals surface area contributed by atoms with E-state index in [9.17, 15) is 37.4 Å².